The highest BCUT2D eigenvalue weighted by Gasteiger charge is 2.11. The Morgan fingerprint density at radius 1 is 1.00 bits per heavy atom. The van der Waals surface area contributed by atoms with E-state index in [9.17, 15) is 4.79 Å². The maximum Gasteiger partial charge on any atom is 0.338 e. The molecule has 0 aliphatic rings. The van der Waals surface area contributed by atoms with Crippen molar-refractivity contribution >= 4 is 17.4 Å². The molecule has 0 heterocycles. The van der Waals surface area contributed by atoms with E-state index in [1.807, 2.05) is 62.4 Å². The van der Waals surface area contributed by atoms with E-state index in [0.29, 0.717) is 5.56 Å². The van der Waals surface area contributed by atoms with Crippen molar-refractivity contribution in [2.45, 2.75) is 13.8 Å². The van der Waals surface area contributed by atoms with Crippen LogP contribution in [0, 0.1) is 5.92 Å². The largest absolute Gasteiger partial charge is 0.456 e. The molecular formula is C18H19NO2. The Balaban J connectivity index is 2.05. The maximum absolute atomic E-state index is 11.9. The zero-order valence-corrected chi connectivity index (χ0v) is 12.3. The van der Waals surface area contributed by atoms with Crippen LogP contribution in [0.3, 0.4) is 0 Å². The molecule has 0 saturated heterocycles. The number of benzene rings is 2. The summed E-state index contributed by atoms with van der Waals surface area (Å²) in [6.45, 7) is 4.29. The molecule has 108 valence electrons. The first kappa shape index (κ1) is 15.0. The monoisotopic (exact) mass is 281 g/mol. The van der Waals surface area contributed by atoms with Gasteiger partial charge in [-0.15, -0.1) is 0 Å². The van der Waals surface area contributed by atoms with E-state index in [2.05, 4.69) is 4.99 Å². The standard InChI is InChI=1S/C18H19NO2/c1-14(2)17(19-16-11-7-4-8-12-16)13-21-18(20)15-9-5-3-6-10-15/h3-12,14H,13H2,1-2H3. The van der Waals surface area contributed by atoms with Gasteiger partial charge in [0.25, 0.3) is 0 Å². The van der Waals surface area contributed by atoms with Crippen LogP contribution in [0.15, 0.2) is 65.7 Å². The number of hydrogen-bond donors (Lipinski definition) is 0. The van der Waals surface area contributed by atoms with Crippen LogP contribution in [-0.2, 0) is 4.74 Å². The van der Waals surface area contributed by atoms with Crippen molar-refractivity contribution in [3.8, 4) is 0 Å². The fraction of sp³-hybridized carbons (Fsp3) is 0.222. The van der Waals surface area contributed by atoms with Crippen molar-refractivity contribution in [3.05, 3.63) is 66.2 Å². The third-order valence-electron chi connectivity index (χ3n) is 3.06. The lowest BCUT2D eigenvalue weighted by atomic mass is 10.1. The predicted molar refractivity (Wildman–Crippen MR) is 85.1 cm³/mol. The first-order valence-corrected chi connectivity index (χ1v) is 7.01. The van der Waals surface area contributed by atoms with E-state index in [1.165, 1.54) is 0 Å². The Bertz CT molecular complexity index is 604. The van der Waals surface area contributed by atoms with Gasteiger partial charge in [0.1, 0.15) is 6.61 Å². The van der Waals surface area contributed by atoms with Crippen LogP contribution in [0.2, 0.25) is 0 Å². The molecule has 0 atom stereocenters. The van der Waals surface area contributed by atoms with Crippen molar-refractivity contribution < 1.29 is 9.53 Å². The number of hydrogen-bond acceptors (Lipinski definition) is 3. The highest BCUT2D eigenvalue weighted by atomic mass is 16.5. The third-order valence-corrected chi connectivity index (χ3v) is 3.06. The van der Waals surface area contributed by atoms with E-state index in [0.717, 1.165) is 11.4 Å². The Labute approximate surface area is 125 Å². The first-order chi connectivity index (χ1) is 10.2. The van der Waals surface area contributed by atoms with E-state index in [-0.39, 0.29) is 18.5 Å². The van der Waals surface area contributed by atoms with Gasteiger partial charge in [-0.3, -0.25) is 4.99 Å². The summed E-state index contributed by atoms with van der Waals surface area (Å²) < 4.78 is 5.35. The average molecular weight is 281 g/mol. The second-order valence-corrected chi connectivity index (χ2v) is 5.04. The fourth-order valence-electron chi connectivity index (χ4n) is 1.79. The highest BCUT2D eigenvalue weighted by Crippen LogP contribution is 2.13. The quantitative estimate of drug-likeness (QED) is 0.606. The number of nitrogens with zero attached hydrogens (tertiary/aromatic N) is 1. The maximum atomic E-state index is 11.9. The second-order valence-electron chi connectivity index (χ2n) is 5.04. The summed E-state index contributed by atoms with van der Waals surface area (Å²) in [7, 11) is 0. The molecule has 0 aromatic heterocycles. The van der Waals surface area contributed by atoms with Gasteiger partial charge in [-0.25, -0.2) is 4.79 Å². The summed E-state index contributed by atoms with van der Waals surface area (Å²) in [5.41, 5.74) is 2.28. The van der Waals surface area contributed by atoms with Gasteiger partial charge in [-0.1, -0.05) is 50.2 Å². The number of rotatable bonds is 5. The van der Waals surface area contributed by atoms with Crippen molar-refractivity contribution in [1.82, 2.24) is 0 Å². The molecule has 0 aliphatic carbocycles. The Hall–Kier alpha value is -2.42. The minimum atomic E-state index is -0.322. The van der Waals surface area contributed by atoms with Gasteiger partial charge in [-0.05, 0) is 30.2 Å². The van der Waals surface area contributed by atoms with Gasteiger partial charge in [0.05, 0.1) is 17.0 Å². The van der Waals surface area contributed by atoms with Crippen LogP contribution < -0.4 is 0 Å². The zero-order valence-electron chi connectivity index (χ0n) is 12.3. The zero-order chi connectivity index (χ0) is 15.1. The second kappa shape index (κ2) is 7.39. The van der Waals surface area contributed by atoms with Crippen molar-refractivity contribution in [1.29, 1.82) is 0 Å². The minimum Gasteiger partial charge on any atom is -0.456 e. The molecule has 0 aliphatic heterocycles. The molecule has 0 fully saturated rings. The number of para-hydroxylation sites is 1. The van der Waals surface area contributed by atoms with E-state index in [4.69, 9.17) is 4.74 Å². The van der Waals surface area contributed by atoms with Crippen LogP contribution in [0.25, 0.3) is 0 Å². The number of esters is 1. The molecule has 2 aromatic rings. The normalized spacial score (nSPS) is 11.5. The summed E-state index contributed by atoms with van der Waals surface area (Å²) in [5.74, 6) is -0.106. The molecule has 21 heavy (non-hydrogen) atoms. The lowest BCUT2D eigenvalue weighted by Gasteiger charge is -2.11. The molecule has 3 nitrogen and oxygen atoms in total. The third kappa shape index (κ3) is 4.56. The van der Waals surface area contributed by atoms with Gasteiger partial charge in [0.2, 0.25) is 0 Å². The molecule has 0 amide bonds. The summed E-state index contributed by atoms with van der Waals surface area (Å²) in [4.78, 5) is 16.5. The van der Waals surface area contributed by atoms with Gasteiger partial charge in [-0.2, -0.15) is 0 Å². The van der Waals surface area contributed by atoms with Crippen molar-refractivity contribution in [2.24, 2.45) is 10.9 Å². The van der Waals surface area contributed by atoms with Crippen LogP contribution in [0.5, 0.6) is 0 Å². The number of aliphatic imine (C=N–C) groups is 1. The Morgan fingerprint density at radius 2 is 1.57 bits per heavy atom. The van der Waals surface area contributed by atoms with Crippen LogP contribution >= 0.6 is 0 Å². The average Bonchev–Trinajstić information content (AvgIpc) is 2.52. The molecule has 2 rings (SSSR count). The molecule has 0 unspecified atom stereocenters. The van der Waals surface area contributed by atoms with E-state index >= 15 is 0 Å². The van der Waals surface area contributed by atoms with Crippen molar-refractivity contribution in [2.75, 3.05) is 6.61 Å². The SMILES string of the molecule is CC(C)C(COC(=O)c1ccccc1)=Nc1ccccc1. The van der Waals surface area contributed by atoms with Crippen LogP contribution in [0.4, 0.5) is 5.69 Å². The molecule has 0 radical (unpaired) electrons. The van der Waals surface area contributed by atoms with Gasteiger partial charge in [0.15, 0.2) is 0 Å². The molecule has 0 N–H and O–H groups in total. The lowest BCUT2D eigenvalue weighted by Crippen LogP contribution is -2.18. The number of ether oxygens (including phenoxy) is 1. The minimum absolute atomic E-state index is 0.209. The van der Waals surface area contributed by atoms with E-state index < -0.39 is 0 Å². The fourth-order valence-corrected chi connectivity index (χ4v) is 1.79. The Morgan fingerprint density at radius 3 is 2.14 bits per heavy atom. The van der Waals surface area contributed by atoms with Crippen molar-refractivity contribution in [3.63, 3.8) is 0 Å². The summed E-state index contributed by atoms with van der Waals surface area (Å²) in [6, 6.07) is 18.7. The molecule has 0 spiro atoms. The van der Waals surface area contributed by atoms with Gasteiger partial charge >= 0.3 is 5.97 Å². The topological polar surface area (TPSA) is 38.7 Å². The Kier molecular flexibility index (Phi) is 5.27. The lowest BCUT2D eigenvalue weighted by molar-refractivity contribution is 0.0560. The first-order valence-electron chi connectivity index (χ1n) is 7.01. The molecule has 3 heteroatoms. The number of carbonyl (C=O) groups excluding carboxylic acids is 1. The van der Waals surface area contributed by atoms with E-state index in [1.54, 1.807) is 12.1 Å². The summed E-state index contributed by atoms with van der Waals surface area (Å²) in [5, 5.41) is 0. The summed E-state index contributed by atoms with van der Waals surface area (Å²) >= 11 is 0. The van der Waals surface area contributed by atoms with Crippen LogP contribution in [-0.4, -0.2) is 18.3 Å². The molecule has 0 bridgehead atoms. The van der Waals surface area contributed by atoms with Crippen LogP contribution in [0.1, 0.15) is 24.2 Å². The number of carbonyl (C=O) groups is 1. The van der Waals surface area contributed by atoms with Gasteiger partial charge in [0, 0.05) is 0 Å². The molecule has 0 saturated carbocycles. The smallest absolute Gasteiger partial charge is 0.338 e. The highest BCUT2D eigenvalue weighted by molar-refractivity contribution is 5.94. The predicted octanol–water partition coefficient (Wildman–Crippen LogP) is 4.27. The van der Waals surface area contributed by atoms with Gasteiger partial charge < -0.3 is 4.74 Å². The summed E-state index contributed by atoms with van der Waals surface area (Å²) in [6.07, 6.45) is 0. The molecule has 2 aromatic carbocycles. The molecular weight excluding hydrogens is 262 g/mol.